The number of nitrogens with one attached hydrogen (secondary N) is 1. The van der Waals surface area contributed by atoms with Crippen molar-refractivity contribution in [3.63, 3.8) is 0 Å². The van der Waals surface area contributed by atoms with Crippen LogP contribution in [0, 0.1) is 0 Å². The second-order valence-corrected chi connectivity index (χ2v) is 7.12. The van der Waals surface area contributed by atoms with Crippen molar-refractivity contribution >= 4 is 40.3 Å². The van der Waals surface area contributed by atoms with E-state index in [2.05, 4.69) is 15.5 Å². The molecule has 0 saturated carbocycles. The molecule has 2 aromatic heterocycles. The van der Waals surface area contributed by atoms with Gasteiger partial charge in [0.05, 0.1) is 33.4 Å². The summed E-state index contributed by atoms with van der Waals surface area (Å²) in [5, 5.41) is 15.6. The van der Waals surface area contributed by atoms with Crippen molar-refractivity contribution < 1.29 is 14.7 Å². The van der Waals surface area contributed by atoms with Crippen LogP contribution in [0.2, 0.25) is 0 Å². The van der Waals surface area contributed by atoms with E-state index in [-0.39, 0.29) is 11.5 Å². The molecule has 0 aliphatic heterocycles. The second kappa shape index (κ2) is 8.04. The van der Waals surface area contributed by atoms with E-state index in [1.807, 2.05) is 41.8 Å². The molecule has 7 heteroatoms. The number of hydrogen-bond acceptors (Lipinski definition) is 5. The summed E-state index contributed by atoms with van der Waals surface area (Å²) in [5.74, 6) is -1.34. The summed E-state index contributed by atoms with van der Waals surface area (Å²) in [6.45, 7) is 0. The third-order valence-corrected chi connectivity index (χ3v) is 5.16. The quantitative estimate of drug-likeness (QED) is 0.382. The molecule has 2 heterocycles. The number of aromatic nitrogens is 1. The van der Waals surface area contributed by atoms with Gasteiger partial charge in [0.25, 0.3) is 5.91 Å². The summed E-state index contributed by atoms with van der Waals surface area (Å²) in [7, 11) is 0. The van der Waals surface area contributed by atoms with Crippen LogP contribution in [0.15, 0.2) is 77.2 Å². The number of para-hydroxylation sites is 1. The highest BCUT2D eigenvalue weighted by Gasteiger charge is 2.14. The Morgan fingerprint density at radius 3 is 2.55 bits per heavy atom. The number of carboxylic acids is 1. The van der Waals surface area contributed by atoms with Gasteiger partial charge in [-0.2, -0.15) is 5.10 Å². The van der Waals surface area contributed by atoms with Crippen LogP contribution in [0.3, 0.4) is 0 Å². The van der Waals surface area contributed by atoms with Crippen LogP contribution >= 0.6 is 11.3 Å². The van der Waals surface area contributed by atoms with Gasteiger partial charge in [-0.3, -0.25) is 4.79 Å². The normalized spacial score (nSPS) is 11.0. The third kappa shape index (κ3) is 4.04. The Bertz CT molecular complexity index is 1220. The van der Waals surface area contributed by atoms with Crippen LogP contribution in [0.5, 0.6) is 0 Å². The van der Waals surface area contributed by atoms with Gasteiger partial charge >= 0.3 is 5.97 Å². The second-order valence-electron chi connectivity index (χ2n) is 6.18. The Morgan fingerprint density at radius 2 is 1.83 bits per heavy atom. The SMILES string of the molecule is O=C(O)c1ccc(C=NNC(=O)c2cc(-c3cccs3)nc3ccccc23)cc1. The molecule has 0 atom stereocenters. The fourth-order valence-corrected chi connectivity index (χ4v) is 3.54. The van der Waals surface area contributed by atoms with Crippen LogP contribution in [0.1, 0.15) is 26.3 Å². The van der Waals surface area contributed by atoms with E-state index in [0.29, 0.717) is 11.1 Å². The average molecular weight is 401 g/mol. The smallest absolute Gasteiger partial charge is 0.335 e. The van der Waals surface area contributed by atoms with Crippen molar-refractivity contribution in [1.29, 1.82) is 0 Å². The summed E-state index contributed by atoms with van der Waals surface area (Å²) in [5.41, 5.74) is 5.35. The average Bonchev–Trinajstić information content (AvgIpc) is 3.28. The molecule has 0 aliphatic carbocycles. The lowest BCUT2D eigenvalue weighted by atomic mass is 10.1. The summed E-state index contributed by atoms with van der Waals surface area (Å²) in [4.78, 5) is 29.3. The molecule has 0 unspecified atom stereocenters. The molecule has 0 fully saturated rings. The molecule has 29 heavy (non-hydrogen) atoms. The Kier molecular flexibility index (Phi) is 5.13. The largest absolute Gasteiger partial charge is 0.478 e. The Labute approximate surface area is 170 Å². The van der Waals surface area contributed by atoms with E-state index in [9.17, 15) is 9.59 Å². The van der Waals surface area contributed by atoms with E-state index >= 15 is 0 Å². The van der Waals surface area contributed by atoms with Gasteiger partial charge in [-0.15, -0.1) is 11.3 Å². The Morgan fingerprint density at radius 1 is 1.03 bits per heavy atom. The van der Waals surface area contributed by atoms with Gasteiger partial charge in [0.2, 0.25) is 0 Å². The highest BCUT2D eigenvalue weighted by atomic mass is 32.1. The summed E-state index contributed by atoms with van der Waals surface area (Å²) in [6.07, 6.45) is 1.47. The number of hydrogen-bond donors (Lipinski definition) is 2. The van der Waals surface area contributed by atoms with Crippen LogP contribution < -0.4 is 5.43 Å². The molecule has 142 valence electrons. The van der Waals surface area contributed by atoms with Gasteiger partial charge in [-0.05, 0) is 41.3 Å². The minimum absolute atomic E-state index is 0.190. The van der Waals surface area contributed by atoms with Crippen LogP contribution in [-0.2, 0) is 0 Å². The fourth-order valence-electron chi connectivity index (χ4n) is 2.85. The number of fused-ring (bicyclic) bond motifs is 1. The van der Waals surface area contributed by atoms with Crippen molar-refractivity contribution in [3.05, 3.63) is 88.8 Å². The number of nitrogens with zero attached hydrogens (tertiary/aromatic N) is 2. The number of carboxylic acid groups (broad SMARTS) is 1. The van der Waals surface area contributed by atoms with E-state index in [1.54, 1.807) is 29.5 Å². The summed E-state index contributed by atoms with van der Waals surface area (Å²) < 4.78 is 0. The van der Waals surface area contributed by atoms with E-state index in [4.69, 9.17) is 5.11 Å². The van der Waals surface area contributed by atoms with Crippen molar-refractivity contribution in [2.75, 3.05) is 0 Å². The fraction of sp³-hybridized carbons (Fsp3) is 0. The first kappa shape index (κ1) is 18.5. The van der Waals surface area contributed by atoms with Crippen molar-refractivity contribution in [1.82, 2.24) is 10.4 Å². The molecule has 4 rings (SSSR count). The Hall–Kier alpha value is -3.84. The predicted molar refractivity (Wildman–Crippen MR) is 114 cm³/mol. The molecule has 2 aromatic carbocycles. The minimum atomic E-state index is -0.993. The molecule has 6 nitrogen and oxygen atoms in total. The molecule has 0 spiro atoms. The lowest BCUT2D eigenvalue weighted by molar-refractivity contribution is 0.0696. The van der Waals surface area contributed by atoms with Crippen LogP contribution in [0.25, 0.3) is 21.5 Å². The van der Waals surface area contributed by atoms with E-state index in [1.165, 1.54) is 18.3 Å². The topological polar surface area (TPSA) is 91.6 Å². The maximum atomic E-state index is 12.8. The number of amides is 1. The van der Waals surface area contributed by atoms with Gasteiger partial charge in [0.1, 0.15) is 0 Å². The lowest BCUT2D eigenvalue weighted by Gasteiger charge is -2.08. The number of rotatable bonds is 5. The zero-order valence-electron chi connectivity index (χ0n) is 15.1. The number of aromatic carboxylic acids is 1. The molecule has 1 amide bonds. The van der Waals surface area contributed by atoms with Gasteiger partial charge in [0, 0.05) is 5.39 Å². The number of hydrazone groups is 1. The maximum Gasteiger partial charge on any atom is 0.335 e. The first-order chi connectivity index (χ1) is 14.1. The van der Waals surface area contributed by atoms with Crippen LogP contribution in [-0.4, -0.2) is 28.2 Å². The molecule has 4 aromatic rings. The van der Waals surface area contributed by atoms with Crippen molar-refractivity contribution in [2.24, 2.45) is 5.10 Å². The first-order valence-electron chi connectivity index (χ1n) is 8.72. The number of benzene rings is 2. The minimum Gasteiger partial charge on any atom is -0.478 e. The van der Waals surface area contributed by atoms with E-state index < -0.39 is 5.97 Å². The molecule has 2 N–H and O–H groups in total. The van der Waals surface area contributed by atoms with Crippen LogP contribution in [0.4, 0.5) is 0 Å². The predicted octanol–water partition coefficient (Wildman–Crippen LogP) is 4.43. The molecule has 0 saturated heterocycles. The highest BCUT2D eigenvalue weighted by Crippen LogP contribution is 2.27. The maximum absolute atomic E-state index is 12.8. The number of carbonyl (C=O) groups is 2. The summed E-state index contributed by atoms with van der Waals surface area (Å²) >= 11 is 1.56. The molecular formula is C22H15N3O3S. The first-order valence-corrected chi connectivity index (χ1v) is 9.60. The molecule has 0 radical (unpaired) electrons. The van der Waals surface area contributed by atoms with E-state index in [0.717, 1.165) is 21.5 Å². The van der Waals surface area contributed by atoms with Crippen molar-refractivity contribution in [2.45, 2.75) is 0 Å². The molecular weight excluding hydrogens is 386 g/mol. The zero-order valence-corrected chi connectivity index (χ0v) is 15.9. The molecule has 0 aliphatic rings. The molecule has 0 bridgehead atoms. The standard InChI is InChI=1S/C22H15N3O3S/c26-21(25-23-13-14-7-9-15(10-8-14)22(27)28)17-12-19(20-6-3-11-29-20)24-18-5-2-1-4-16(17)18/h1-13H,(H,25,26)(H,27,28). The Balaban J connectivity index is 1.60. The summed E-state index contributed by atoms with van der Waals surface area (Å²) in [6, 6.07) is 19.3. The van der Waals surface area contributed by atoms with Gasteiger partial charge in [-0.1, -0.05) is 36.4 Å². The van der Waals surface area contributed by atoms with Crippen molar-refractivity contribution in [3.8, 4) is 10.6 Å². The number of pyridine rings is 1. The zero-order chi connectivity index (χ0) is 20.2. The number of thiophene rings is 1. The monoisotopic (exact) mass is 401 g/mol. The van der Waals surface area contributed by atoms with Gasteiger partial charge in [-0.25, -0.2) is 15.2 Å². The third-order valence-electron chi connectivity index (χ3n) is 4.27. The highest BCUT2D eigenvalue weighted by molar-refractivity contribution is 7.13. The number of carbonyl (C=O) groups excluding carboxylic acids is 1. The lowest BCUT2D eigenvalue weighted by Crippen LogP contribution is -2.18. The van der Waals surface area contributed by atoms with Gasteiger partial charge in [0.15, 0.2) is 0 Å². The van der Waals surface area contributed by atoms with Gasteiger partial charge < -0.3 is 5.11 Å².